The second-order valence-corrected chi connectivity index (χ2v) is 10.7. The van der Waals surface area contributed by atoms with Crippen LogP contribution in [0, 0.1) is 0 Å². The molecular weight excluding hydrogens is 348 g/mol. The summed E-state index contributed by atoms with van der Waals surface area (Å²) in [4.78, 5) is 7.64. The molecule has 3 heteroatoms. The molecule has 1 fully saturated rings. The Balaban J connectivity index is 1.61. The van der Waals surface area contributed by atoms with Crippen LogP contribution in [-0.2, 0) is 10.8 Å². The summed E-state index contributed by atoms with van der Waals surface area (Å²) < 4.78 is 0. The van der Waals surface area contributed by atoms with Gasteiger partial charge in [0.1, 0.15) is 0 Å². The summed E-state index contributed by atoms with van der Waals surface area (Å²) in [6, 6.07) is 7.12. The number of thiazole rings is 1. The molecule has 0 N–H and O–H groups in total. The van der Waals surface area contributed by atoms with Gasteiger partial charge in [-0.25, -0.2) is 4.98 Å². The molecule has 1 saturated heterocycles. The summed E-state index contributed by atoms with van der Waals surface area (Å²) in [5.74, 6) is 0.652. The van der Waals surface area contributed by atoms with Gasteiger partial charge in [0.05, 0.1) is 10.7 Å². The zero-order chi connectivity index (χ0) is 19.2. The fourth-order valence-corrected chi connectivity index (χ4v) is 5.85. The van der Waals surface area contributed by atoms with Crippen molar-refractivity contribution >= 4 is 11.3 Å². The zero-order valence-corrected chi connectivity index (χ0v) is 18.5. The molecule has 2 heterocycles. The van der Waals surface area contributed by atoms with Crippen LogP contribution in [-0.4, -0.2) is 29.5 Å². The number of hydrogen-bond acceptors (Lipinski definition) is 3. The monoisotopic (exact) mass is 382 g/mol. The summed E-state index contributed by atoms with van der Waals surface area (Å²) in [6.45, 7) is 15.5. The Bertz CT molecular complexity index is 810. The Labute approximate surface area is 169 Å². The molecule has 27 heavy (non-hydrogen) atoms. The van der Waals surface area contributed by atoms with E-state index in [0.29, 0.717) is 5.92 Å². The van der Waals surface area contributed by atoms with E-state index in [1.807, 2.05) is 11.3 Å². The Morgan fingerprint density at radius 1 is 1.04 bits per heavy atom. The molecule has 0 amide bonds. The summed E-state index contributed by atoms with van der Waals surface area (Å²) in [5.41, 5.74) is 6.08. The minimum absolute atomic E-state index is 0.257. The standard InChI is InChI=1S/C24H34N2S/c1-6-26-13-9-17(10-14-26)22-25-21(16-27-22)18-7-8-19-20(15-18)24(4,5)12-11-23(19,2)3/h7-8,15-17H,6,9-14H2,1-5H3. The molecule has 0 spiro atoms. The molecule has 1 aromatic heterocycles. The highest BCUT2D eigenvalue weighted by atomic mass is 32.1. The fraction of sp³-hybridized carbons (Fsp3) is 0.625. The van der Waals surface area contributed by atoms with Crippen molar-refractivity contribution < 1.29 is 0 Å². The van der Waals surface area contributed by atoms with Gasteiger partial charge in [-0.1, -0.05) is 46.8 Å². The Kier molecular flexibility index (Phi) is 4.97. The predicted octanol–water partition coefficient (Wildman–Crippen LogP) is 6.36. The lowest BCUT2D eigenvalue weighted by Gasteiger charge is -2.42. The predicted molar refractivity (Wildman–Crippen MR) is 117 cm³/mol. The van der Waals surface area contributed by atoms with Crippen molar-refractivity contribution in [1.82, 2.24) is 9.88 Å². The number of piperidine rings is 1. The maximum Gasteiger partial charge on any atom is 0.0964 e. The summed E-state index contributed by atoms with van der Waals surface area (Å²) in [5, 5.41) is 3.63. The minimum Gasteiger partial charge on any atom is -0.304 e. The van der Waals surface area contributed by atoms with E-state index in [1.165, 1.54) is 72.7 Å². The van der Waals surface area contributed by atoms with Gasteiger partial charge >= 0.3 is 0 Å². The van der Waals surface area contributed by atoms with E-state index in [-0.39, 0.29) is 10.8 Å². The van der Waals surface area contributed by atoms with Crippen LogP contribution in [0.1, 0.15) is 82.4 Å². The molecule has 0 radical (unpaired) electrons. The lowest BCUT2D eigenvalue weighted by molar-refractivity contribution is 0.222. The van der Waals surface area contributed by atoms with Crippen molar-refractivity contribution in [3.63, 3.8) is 0 Å². The normalized spacial score (nSPS) is 22.6. The minimum atomic E-state index is 0.257. The van der Waals surface area contributed by atoms with Crippen molar-refractivity contribution in [2.24, 2.45) is 0 Å². The van der Waals surface area contributed by atoms with Crippen molar-refractivity contribution in [3.05, 3.63) is 39.7 Å². The Morgan fingerprint density at radius 3 is 2.37 bits per heavy atom. The van der Waals surface area contributed by atoms with Crippen LogP contribution < -0.4 is 0 Å². The van der Waals surface area contributed by atoms with Crippen molar-refractivity contribution in [3.8, 4) is 11.3 Å². The zero-order valence-electron chi connectivity index (χ0n) is 17.6. The maximum atomic E-state index is 5.09. The highest BCUT2D eigenvalue weighted by Gasteiger charge is 2.37. The molecule has 146 valence electrons. The van der Waals surface area contributed by atoms with Crippen LogP contribution in [0.2, 0.25) is 0 Å². The van der Waals surface area contributed by atoms with Crippen LogP contribution in [0.15, 0.2) is 23.6 Å². The molecule has 1 aliphatic heterocycles. The van der Waals surface area contributed by atoms with Gasteiger partial charge in [0.25, 0.3) is 0 Å². The van der Waals surface area contributed by atoms with E-state index < -0.39 is 0 Å². The first kappa shape index (κ1) is 19.1. The van der Waals surface area contributed by atoms with Gasteiger partial charge in [0, 0.05) is 16.9 Å². The summed E-state index contributed by atoms with van der Waals surface area (Å²) >= 11 is 1.87. The van der Waals surface area contributed by atoms with E-state index in [9.17, 15) is 0 Å². The van der Waals surface area contributed by atoms with Crippen molar-refractivity contribution in [2.75, 3.05) is 19.6 Å². The number of benzene rings is 1. The first-order valence-electron chi connectivity index (χ1n) is 10.6. The van der Waals surface area contributed by atoms with E-state index in [0.717, 1.165) is 0 Å². The first-order chi connectivity index (χ1) is 12.8. The van der Waals surface area contributed by atoms with Gasteiger partial charge in [-0.15, -0.1) is 11.3 Å². The van der Waals surface area contributed by atoms with Crippen LogP contribution in [0.5, 0.6) is 0 Å². The molecule has 2 aromatic rings. The molecule has 1 aliphatic carbocycles. The molecule has 4 rings (SSSR count). The third-order valence-corrected chi connectivity index (χ3v) is 8.06. The van der Waals surface area contributed by atoms with Crippen LogP contribution in [0.3, 0.4) is 0 Å². The molecule has 0 bridgehead atoms. The van der Waals surface area contributed by atoms with Gasteiger partial charge < -0.3 is 4.90 Å². The molecule has 1 aromatic carbocycles. The molecule has 0 saturated carbocycles. The number of fused-ring (bicyclic) bond motifs is 1. The average molecular weight is 383 g/mol. The molecule has 2 nitrogen and oxygen atoms in total. The van der Waals surface area contributed by atoms with Gasteiger partial charge in [0.15, 0.2) is 0 Å². The molecular formula is C24H34N2S. The lowest BCUT2D eigenvalue weighted by Crippen LogP contribution is -2.33. The van der Waals surface area contributed by atoms with E-state index >= 15 is 0 Å². The topological polar surface area (TPSA) is 16.1 Å². The lowest BCUT2D eigenvalue weighted by atomic mass is 9.63. The second kappa shape index (κ2) is 7.00. The fourth-order valence-electron chi connectivity index (χ4n) is 4.85. The molecule has 2 aliphatic rings. The third-order valence-electron chi connectivity index (χ3n) is 7.05. The van der Waals surface area contributed by atoms with Crippen LogP contribution >= 0.6 is 11.3 Å². The number of rotatable bonds is 3. The van der Waals surface area contributed by atoms with E-state index in [2.05, 4.69) is 63.1 Å². The van der Waals surface area contributed by atoms with Crippen molar-refractivity contribution in [2.45, 2.75) is 77.0 Å². The first-order valence-corrected chi connectivity index (χ1v) is 11.5. The SMILES string of the molecule is CCN1CCC(c2nc(-c3ccc4c(c3)C(C)(C)CCC4(C)C)cs2)CC1. The average Bonchev–Trinajstić information content (AvgIpc) is 3.15. The number of aromatic nitrogens is 1. The van der Waals surface area contributed by atoms with Crippen molar-refractivity contribution in [1.29, 1.82) is 0 Å². The van der Waals surface area contributed by atoms with Gasteiger partial charge in [-0.2, -0.15) is 0 Å². The largest absolute Gasteiger partial charge is 0.304 e. The van der Waals surface area contributed by atoms with E-state index in [1.54, 1.807) is 0 Å². The molecule has 0 atom stereocenters. The quantitative estimate of drug-likeness (QED) is 0.614. The summed E-state index contributed by atoms with van der Waals surface area (Å²) in [6.07, 6.45) is 5.04. The highest BCUT2D eigenvalue weighted by molar-refractivity contribution is 7.10. The van der Waals surface area contributed by atoms with Gasteiger partial charge in [0.2, 0.25) is 0 Å². The smallest absolute Gasteiger partial charge is 0.0964 e. The highest BCUT2D eigenvalue weighted by Crippen LogP contribution is 2.47. The summed E-state index contributed by atoms with van der Waals surface area (Å²) in [7, 11) is 0. The Hall–Kier alpha value is -1.19. The van der Waals surface area contributed by atoms with E-state index in [4.69, 9.17) is 4.98 Å². The number of likely N-dealkylation sites (tertiary alicyclic amines) is 1. The number of nitrogens with zero attached hydrogens (tertiary/aromatic N) is 2. The molecule has 0 unspecified atom stereocenters. The van der Waals surface area contributed by atoms with Crippen LogP contribution in [0.25, 0.3) is 11.3 Å². The number of hydrogen-bond donors (Lipinski definition) is 0. The Morgan fingerprint density at radius 2 is 1.70 bits per heavy atom. The van der Waals surface area contributed by atoms with Gasteiger partial charge in [-0.05, 0) is 73.3 Å². The third kappa shape index (κ3) is 3.61. The van der Waals surface area contributed by atoms with Crippen LogP contribution in [0.4, 0.5) is 0 Å². The second-order valence-electron chi connectivity index (χ2n) is 9.81. The van der Waals surface area contributed by atoms with Gasteiger partial charge in [-0.3, -0.25) is 0 Å². The maximum absolute atomic E-state index is 5.09.